The molecule has 0 aliphatic carbocycles. The van der Waals surface area contributed by atoms with E-state index in [1.54, 1.807) is 0 Å². The van der Waals surface area contributed by atoms with E-state index in [4.69, 9.17) is 4.74 Å². The molecule has 160 valence electrons. The number of nitrogens with one attached hydrogen (secondary N) is 1. The van der Waals surface area contributed by atoms with Crippen LogP contribution in [0, 0.1) is 11.8 Å². The van der Waals surface area contributed by atoms with Gasteiger partial charge >= 0.3 is 0 Å². The second kappa shape index (κ2) is 10.1. The summed E-state index contributed by atoms with van der Waals surface area (Å²) in [4.78, 5) is 48.4. The Labute approximate surface area is 168 Å². The van der Waals surface area contributed by atoms with Gasteiger partial charge in [-0.1, -0.05) is 13.8 Å². The zero-order valence-electron chi connectivity index (χ0n) is 18.2. The van der Waals surface area contributed by atoms with Gasteiger partial charge in [-0.2, -0.15) is 0 Å². The highest BCUT2D eigenvalue weighted by atomic mass is 16.5. The van der Waals surface area contributed by atoms with E-state index in [0.717, 1.165) is 6.29 Å². The fourth-order valence-electron chi connectivity index (χ4n) is 3.24. The van der Waals surface area contributed by atoms with Gasteiger partial charge in [-0.3, -0.25) is 19.3 Å². The Morgan fingerprint density at radius 2 is 1.89 bits per heavy atom. The van der Waals surface area contributed by atoms with E-state index >= 15 is 0 Å². The van der Waals surface area contributed by atoms with Gasteiger partial charge in [0.05, 0.1) is 5.60 Å². The molecule has 1 N–H and O–H groups in total. The van der Waals surface area contributed by atoms with Crippen LogP contribution in [0.2, 0.25) is 0 Å². The van der Waals surface area contributed by atoms with Crippen molar-refractivity contribution in [3.8, 4) is 0 Å². The maximum absolute atomic E-state index is 12.3. The van der Waals surface area contributed by atoms with Crippen molar-refractivity contribution >= 4 is 24.0 Å². The summed E-state index contributed by atoms with van der Waals surface area (Å²) in [7, 11) is 0. The van der Waals surface area contributed by atoms with Crippen molar-refractivity contribution in [1.82, 2.24) is 10.2 Å². The molecule has 7 heteroatoms. The summed E-state index contributed by atoms with van der Waals surface area (Å²) < 4.78 is 5.84. The molecule has 0 aromatic carbocycles. The van der Waals surface area contributed by atoms with Gasteiger partial charge in [-0.05, 0) is 46.5 Å². The minimum absolute atomic E-state index is 0.0947. The zero-order valence-corrected chi connectivity index (χ0v) is 18.2. The molecule has 3 amide bonds. The molecule has 0 saturated carbocycles. The first kappa shape index (κ1) is 24.3. The van der Waals surface area contributed by atoms with Gasteiger partial charge < -0.3 is 14.8 Å². The predicted octanol–water partition coefficient (Wildman–Crippen LogP) is 2.47. The van der Waals surface area contributed by atoms with Crippen LogP contribution in [0.3, 0.4) is 0 Å². The molecule has 0 aromatic rings. The molecule has 0 radical (unpaired) electrons. The lowest BCUT2D eigenvalue weighted by Crippen LogP contribution is -2.46. The van der Waals surface area contributed by atoms with Crippen molar-refractivity contribution < 1.29 is 23.9 Å². The van der Waals surface area contributed by atoms with Crippen LogP contribution in [0.4, 0.5) is 0 Å². The van der Waals surface area contributed by atoms with E-state index in [2.05, 4.69) is 5.32 Å². The van der Waals surface area contributed by atoms with Crippen LogP contribution in [-0.4, -0.2) is 53.2 Å². The highest BCUT2D eigenvalue weighted by Crippen LogP contribution is 2.26. The monoisotopic (exact) mass is 396 g/mol. The molecule has 0 spiro atoms. The number of carbonyl (C=O) groups is 4. The topological polar surface area (TPSA) is 92.8 Å². The maximum atomic E-state index is 12.3. The zero-order chi connectivity index (χ0) is 21.5. The third-order valence-electron chi connectivity index (χ3n) is 5.21. The van der Waals surface area contributed by atoms with Crippen molar-refractivity contribution in [3.05, 3.63) is 0 Å². The van der Waals surface area contributed by atoms with Crippen LogP contribution in [-0.2, 0) is 23.9 Å². The van der Waals surface area contributed by atoms with Crippen molar-refractivity contribution in [1.29, 1.82) is 0 Å². The van der Waals surface area contributed by atoms with Crippen molar-refractivity contribution in [2.45, 2.75) is 84.8 Å². The van der Waals surface area contributed by atoms with Crippen LogP contribution in [0.1, 0.15) is 73.6 Å². The van der Waals surface area contributed by atoms with E-state index in [-0.39, 0.29) is 54.5 Å². The molecule has 1 aliphatic rings. The normalized spacial score (nSPS) is 18.1. The van der Waals surface area contributed by atoms with Crippen molar-refractivity contribution in [2.24, 2.45) is 11.8 Å². The van der Waals surface area contributed by atoms with Crippen LogP contribution in [0.15, 0.2) is 0 Å². The lowest BCUT2D eigenvalue weighted by atomic mass is 9.94. The van der Waals surface area contributed by atoms with Crippen LogP contribution < -0.4 is 5.32 Å². The van der Waals surface area contributed by atoms with E-state index in [0.29, 0.717) is 25.9 Å². The van der Waals surface area contributed by atoms with Crippen molar-refractivity contribution in [2.75, 3.05) is 13.2 Å². The van der Waals surface area contributed by atoms with Crippen molar-refractivity contribution in [3.63, 3.8) is 0 Å². The molecule has 1 unspecified atom stereocenters. The SMILES string of the molecule is CC(C)C1CC(=O)N(CCC(=O)NC(C)(C)CCOC(C)(C)CCC=O)C1=O. The summed E-state index contributed by atoms with van der Waals surface area (Å²) in [5, 5.41) is 2.95. The number of amides is 3. The number of rotatable bonds is 12. The average Bonchev–Trinajstić information content (AvgIpc) is 2.84. The molecule has 1 aliphatic heterocycles. The van der Waals surface area contributed by atoms with Gasteiger partial charge in [0.2, 0.25) is 17.7 Å². The Morgan fingerprint density at radius 1 is 1.25 bits per heavy atom. The maximum Gasteiger partial charge on any atom is 0.233 e. The predicted molar refractivity (Wildman–Crippen MR) is 106 cm³/mol. The highest BCUT2D eigenvalue weighted by Gasteiger charge is 2.40. The van der Waals surface area contributed by atoms with Crippen LogP contribution in [0.25, 0.3) is 0 Å². The van der Waals surface area contributed by atoms with E-state index in [9.17, 15) is 19.2 Å². The van der Waals surface area contributed by atoms with Crippen LogP contribution >= 0.6 is 0 Å². The van der Waals surface area contributed by atoms with E-state index < -0.39 is 5.54 Å². The molecule has 0 bridgehead atoms. The Hall–Kier alpha value is -1.76. The summed E-state index contributed by atoms with van der Waals surface area (Å²) >= 11 is 0. The fraction of sp³-hybridized carbons (Fsp3) is 0.810. The first-order chi connectivity index (χ1) is 12.9. The van der Waals surface area contributed by atoms with Gasteiger partial charge in [0.15, 0.2) is 0 Å². The molecular formula is C21H36N2O5. The number of hydrogen-bond acceptors (Lipinski definition) is 5. The lowest BCUT2D eigenvalue weighted by Gasteiger charge is -2.30. The number of imide groups is 1. The van der Waals surface area contributed by atoms with Gasteiger partial charge in [0.25, 0.3) is 0 Å². The van der Waals surface area contributed by atoms with Gasteiger partial charge in [-0.25, -0.2) is 0 Å². The minimum atomic E-state index is -0.475. The number of carbonyl (C=O) groups excluding carboxylic acids is 4. The highest BCUT2D eigenvalue weighted by molar-refractivity contribution is 6.03. The average molecular weight is 397 g/mol. The van der Waals surface area contributed by atoms with Gasteiger partial charge in [0.1, 0.15) is 6.29 Å². The third-order valence-corrected chi connectivity index (χ3v) is 5.21. The first-order valence-electron chi connectivity index (χ1n) is 10.1. The third kappa shape index (κ3) is 7.70. The minimum Gasteiger partial charge on any atom is -0.375 e. The summed E-state index contributed by atoms with van der Waals surface area (Å²) in [6, 6.07) is 0. The number of nitrogens with zero attached hydrogens (tertiary/aromatic N) is 1. The number of hydrogen-bond donors (Lipinski definition) is 1. The molecule has 1 atom stereocenters. The second-order valence-corrected chi connectivity index (χ2v) is 9.18. The Kier molecular flexibility index (Phi) is 8.79. The van der Waals surface area contributed by atoms with Gasteiger partial charge in [-0.15, -0.1) is 0 Å². The molecule has 28 heavy (non-hydrogen) atoms. The number of likely N-dealkylation sites (tertiary alicyclic amines) is 1. The molecule has 0 aromatic heterocycles. The quantitative estimate of drug-likeness (QED) is 0.404. The standard InChI is InChI=1S/C21H36N2O5/c1-15(2)16-14-18(26)23(19(16)27)11-8-17(25)22-20(3,4)10-13-28-21(5,6)9-7-12-24/h12,15-16H,7-11,13-14H2,1-6H3,(H,22,25). The molecule has 1 heterocycles. The Bertz CT molecular complexity index is 583. The largest absolute Gasteiger partial charge is 0.375 e. The van der Waals surface area contributed by atoms with E-state index in [1.807, 2.05) is 41.5 Å². The Morgan fingerprint density at radius 3 is 2.43 bits per heavy atom. The summed E-state index contributed by atoms with van der Waals surface area (Å²) in [5.41, 5.74) is -0.859. The summed E-state index contributed by atoms with van der Waals surface area (Å²) in [5.74, 6) is -0.713. The molecular weight excluding hydrogens is 360 g/mol. The first-order valence-corrected chi connectivity index (χ1v) is 10.1. The fourth-order valence-corrected chi connectivity index (χ4v) is 3.24. The van der Waals surface area contributed by atoms with Crippen LogP contribution in [0.5, 0.6) is 0 Å². The smallest absolute Gasteiger partial charge is 0.233 e. The lowest BCUT2D eigenvalue weighted by molar-refractivity contribution is -0.140. The molecule has 1 rings (SSSR count). The second-order valence-electron chi connectivity index (χ2n) is 9.18. The Balaban J connectivity index is 2.42. The summed E-state index contributed by atoms with van der Waals surface area (Å²) in [6.45, 7) is 12.1. The van der Waals surface area contributed by atoms with Gasteiger partial charge in [0, 0.05) is 43.9 Å². The number of aldehydes is 1. The summed E-state index contributed by atoms with van der Waals surface area (Å²) in [6.07, 6.45) is 2.93. The molecule has 7 nitrogen and oxygen atoms in total. The molecule has 1 fully saturated rings. The molecule has 1 saturated heterocycles. The van der Waals surface area contributed by atoms with E-state index in [1.165, 1.54) is 4.90 Å². The number of ether oxygens (including phenoxy) is 1.